The molecule has 0 atom stereocenters. The highest BCUT2D eigenvalue weighted by molar-refractivity contribution is 14.1. The third-order valence-corrected chi connectivity index (χ3v) is 2.21. The maximum Gasteiger partial charge on any atom is 0.124 e. The minimum atomic E-state index is 0.0407. The van der Waals surface area contributed by atoms with Gasteiger partial charge in [0.2, 0.25) is 0 Å². The van der Waals surface area contributed by atoms with Crippen molar-refractivity contribution in [1.82, 2.24) is 0 Å². The molecule has 0 aromatic carbocycles. The van der Waals surface area contributed by atoms with Gasteiger partial charge in [0.05, 0.1) is 5.70 Å². The van der Waals surface area contributed by atoms with Crippen molar-refractivity contribution in [3.8, 4) is 0 Å². The van der Waals surface area contributed by atoms with E-state index in [1.165, 1.54) is 0 Å². The minimum absolute atomic E-state index is 0.0407. The highest BCUT2D eigenvalue weighted by atomic mass is 127. The van der Waals surface area contributed by atoms with Crippen molar-refractivity contribution in [3.63, 3.8) is 0 Å². The topological polar surface area (TPSA) is 24.7 Å². The summed E-state index contributed by atoms with van der Waals surface area (Å²) >= 11 is 2.20. The Morgan fingerprint density at radius 1 is 1.42 bits per heavy atom. The van der Waals surface area contributed by atoms with Crippen LogP contribution in [0.4, 0.5) is 0 Å². The summed E-state index contributed by atoms with van der Waals surface area (Å²) < 4.78 is 0.946. The van der Waals surface area contributed by atoms with Crippen LogP contribution >= 0.6 is 22.6 Å². The van der Waals surface area contributed by atoms with E-state index < -0.39 is 0 Å². The predicted octanol–water partition coefficient (Wildman–Crippen LogP) is 2.95. The van der Waals surface area contributed by atoms with Gasteiger partial charge in [-0.1, -0.05) is 20.8 Å². The number of nitrogens with zero attached hydrogens (tertiary/aromatic N) is 2. The molecule has 0 aromatic heterocycles. The van der Waals surface area contributed by atoms with Crippen LogP contribution in [0.5, 0.6) is 0 Å². The molecule has 0 spiro atoms. The van der Waals surface area contributed by atoms with E-state index in [9.17, 15) is 0 Å². The third-order valence-electron chi connectivity index (χ3n) is 1.42. The van der Waals surface area contributed by atoms with Crippen LogP contribution in [0, 0.1) is 5.41 Å². The Hall–Kier alpha value is -0.410. The van der Waals surface area contributed by atoms with Crippen molar-refractivity contribution < 1.29 is 0 Å². The lowest BCUT2D eigenvalue weighted by molar-refractivity contribution is 0.497. The molecule has 0 bridgehead atoms. The summed E-state index contributed by atoms with van der Waals surface area (Å²) in [5.41, 5.74) is 1.03. The van der Waals surface area contributed by atoms with Crippen LogP contribution in [-0.2, 0) is 0 Å². The van der Waals surface area contributed by atoms with Crippen molar-refractivity contribution in [2.45, 2.75) is 20.8 Å². The van der Waals surface area contributed by atoms with E-state index in [1.807, 2.05) is 0 Å². The molecule has 1 aliphatic rings. The lowest BCUT2D eigenvalue weighted by Crippen LogP contribution is -2.08. The summed E-state index contributed by atoms with van der Waals surface area (Å²) in [4.78, 5) is 8.42. The monoisotopic (exact) mass is 274 g/mol. The molecule has 1 rings (SSSR count). The van der Waals surface area contributed by atoms with E-state index in [0.29, 0.717) is 0 Å². The van der Waals surface area contributed by atoms with Gasteiger partial charge in [0.15, 0.2) is 0 Å². The predicted molar refractivity (Wildman–Crippen MR) is 61.0 cm³/mol. The smallest absolute Gasteiger partial charge is 0.124 e. The SMILES string of the molecule is CC(C)(C)C1=C(I)N=CC=C=N1. The molecule has 0 aliphatic carbocycles. The molecule has 0 radical (unpaired) electrons. The molecule has 0 N–H and O–H groups in total. The molecule has 12 heavy (non-hydrogen) atoms. The van der Waals surface area contributed by atoms with Gasteiger partial charge < -0.3 is 0 Å². The Morgan fingerprint density at radius 3 is 2.67 bits per heavy atom. The summed E-state index contributed by atoms with van der Waals surface area (Å²) in [5, 5.41) is 0. The number of hydrogen-bond acceptors (Lipinski definition) is 2. The van der Waals surface area contributed by atoms with Crippen LogP contribution < -0.4 is 0 Å². The molecule has 0 aromatic rings. The largest absolute Gasteiger partial charge is 0.248 e. The average molecular weight is 274 g/mol. The lowest BCUT2D eigenvalue weighted by atomic mass is 9.93. The highest BCUT2D eigenvalue weighted by Gasteiger charge is 2.20. The van der Waals surface area contributed by atoms with Gasteiger partial charge >= 0.3 is 0 Å². The molecule has 1 aliphatic heterocycles. The van der Waals surface area contributed by atoms with Gasteiger partial charge in [-0.05, 0) is 28.5 Å². The molecule has 64 valence electrons. The fraction of sp³-hybridized carbons (Fsp3) is 0.444. The maximum absolute atomic E-state index is 4.22. The second-order valence-corrected chi connectivity index (χ2v) is 4.60. The molecule has 2 nitrogen and oxygen atoms in total. The van der Waals surface area contributed by atoms with Gasteiger partial charge in [0.25, 0.3) is 0 Å². The normalized spacial score (nSPS) is 17.0. The summed E-state index contributed by atoms with van der Waals surface area (Å²) in [6.07, 6.45) is 3.43. The first-order valence-electron chi connectivity index (χ1n) is 3.74. The Kier molecular flexibility index (Phi) is 2.85. The number of rotatable bonds is 0. The fourth-order valence-electron chi connectivity index (χ4n) is 0.822. The molecule has 0 saturated heterocycles. The van der Waals surface area contributed by atoms with E-state index in [0.717, 1.165) is 9.40 Å². The Balaban J connectivity index is 3.17. The van der Waals surface area contributed by atoms with E-state index in [-0.39, 0.29) is 5.41 Å². The molecule has 0 fully saturated rings. The molecule has 0 amide bonds. The quantitative estimate of drug-likeness (QED) is 0.479. The van der Waals surface area contributed by atoms with Gasteiger partial charge in [-0.25, -0.2) is 9.98 Å². The van der Waals surface area contributed by atoms with Crippen LogP contribution in [0.2, 0.25) is 0 Å². The Labute approximate surface area is 86.3 Å². The summed E-state index contributed by atoms with van der Waals surface area (Å²) in [6, 6.07) is 0. The number of allylic oxidation sites excluding steroid dienone is 2. The number of hydrogen-bond donors (Lipinski definition) is 0. The van der Waals surface area contributed by atoms with Crippen molar-refractivity contribution in [1.29, 1.82) is 0 Å². The van der Waals surface area contributed by atoms with Crippen molar-refractivity contribution >= 4 is 34.7 Å². The second kappa shape index (κ2) is 3.54. The summed E-state index contributed by atoms with van der Waals surface area (Å²) in [6.45, 7) is 6.35. The van der Waals surface area contributed by atoms with Gasteiger partial charge in [0, 0.05) is 17.7 Å². The Bertz CT molecular complexity index is 299. The third kappa shape index (κ3) is 2.29. The van der Waals surface area contributed by atoms with Crippen LogP contribution in [0.25, 0.3) is 0 Å². The van der Waals surface area contributed by atoms with Gasteiger partial charge in [-0.2, -0.15) is 0 Å². The molecule has 3 heteroatoms. The van der Waals surface area contributed by atoms with Crippen LogP contribution in [0.3, 0.4) is 0 Å². The van der Waals surface area contributed by atoms with Crippen LogP contribution in [-0.4, -0.2) is 12.1 Å². The van der Waals surface area contributed by atoms with Crippen molar-refractivity contribution in [2.24, 2.45) is 15.4 Å². The highest BCUT2D eigenvalue weighted by Crippen LogP contribution is 2.32. The van der Waals surface area contributed by atoms with Gasteiger partial charge in [-0.15, -0.1) is 0 Å². The van der Waals surface area contributed by atoms with Crippen LogP contribution in [0.15, 0.2) is 25.5 Å². The zero-order chi connectivity index (χ0) is 9.19. The molecule has 0 saturated carbocycles. The van der Waals surface area contributed by atoms with Crippen molar-refractivity contribution in [2.75, 3.05) is 0 Å². The van der Waals surface area contributed by atoms with E-state index in [1.54, 1.807) is 12.3 Å². The summed E-state index contributed by atoms with van der Waals surface area (Å²) in [5.74, 6) is 2.82. The molecular weight excluding hydrogens is 263 g/mol. The zero-order valence-corrected chi connectivity index (χ0v) is 9.58. The first-order valence-corrected chi connectivity index (χ1v) is 4.82. The fourth-order valence-corrected chi connectivity index (χ4v) is 1.91. The first-order chi connectivity index (χ1) is 5.52. The second-order valence-electron chi connectivity index (χ2n) is 3.58. The van der Waals surface area contributed by atoms with Gasteiger partial charge in [0.1, 0.15) is 3.70 Å². The lowest BCUT2D eigenvalue weighted by Gasteiger charge is -2.18. The maximum atomic E-state index is 4.22. The zero-order valence-electron chi connectivity index (χ0n) is 7.43. The standard InChI is InChI=1S/C9H11IN2/c1-9(2,3)7-8(10)12-6-4-5-11-7/h4,6H,1-3H3. The van der Waals surface area contributed by atoms with E-state index in [2.05, 4.69) is 59.2 Å². The minimum Gasteiger partial charge on any atom is -0.248 e. The molecule has 1 heterocycles. The first kappa shape index (κ1) is 9.68. The molecular formula is C9H11IN2. The van der Waals surface area contributed by atoms with Crippen molar-refractivity contribution in [3.05, 3.63) is 15.5 Å². The summed E-state index contributed by atoms with van der Waals surface area (Å²) in [7, 11) is 0. The van der Waals surface area contributed by atoms with E-state index in [4.69, 9.17) is 0 Å². The van der Waals surface area contributed by atoms with Gasteiger partial charge in [-0.3, -0.25) is 0 Å². The van der Waals surface area contributed by atoms with E-state index >= 15 is 0 Å². The number of halogens is 1. The average Bonchev–Trinajstić information content (AvgIpc) is 2.11. The molecule has 0 unspecified atom stereocenters. The Morgan fingerprint density at radius 2 is 2.08 bits per heavy atom. The van der Waals surface area contributed by atoms with Crippen LogP contribution in [0.1, 0.15) is 20.8 Å². The number of aliphatic imine (C=N–C) groups is 2.